The highest BCUT2D eigenvalue weighted by Crippen LogP contribution is 2.20. The molecular weight excluding hydrogens is 296 g/mol. The number of hydrogen-bond acceptors (Lipinski definition) is 2. The van der Waals surface area contributed by atoms with E-state index in [0.717, 1.165) is 22.1 Å². The molecule has 3 aromatic carbocycles. The molecule has 0 unspecified atom stereocenters. The topological polar surface area (TPSA) is 55.1 Å². The molecule has 0 aliphatic heterocycles. The van der Waals surface area contributed by atoms with E-state index in [1.807, 2.05) is 49.4 Å². The molecule has 0 saturated heterocycles. The second-order valence-electron chi connectivity index (χ2n) is 6.13. The summed E-state index contributed by atoms with van der Waals surface area (Å²) in [7, 11) is 0. The van der Waals surface area contributed by atoms with Gasteiger partial charge >= 0.3 is 0 Å². The Hall–Kier alpha value is -2.65. The van der Waals surface area contributed by atoms with E-state index in [1.54, 1.807) is 0 Å². The summed E-state index contributed by atoms with van der Waals surface area (Å²) < 4.78 is 0. The van der Waals surface area contributed by atoms with Crippen molar-refractivity contribution in [2.75, 3.05) is 6.54 Å². The summed E-state index contributed by atoms with van der Waals surface area (Å²) in [5.41, 5.74) is 9.11. The summed E-state index contributed by atoms with van der Waals surface area (Å²) in [4.78, 5) is 12.4. The van der Waals surface area contributed by atoms with Crippen LogP contribution < -0.4 is 11.1 Å². The maximum Gasteiger partial charge on any atom is 0.224 e. The fraction of sp³-hybridized carbons (Fsp3) is 0.190. The van der Waals surface area contributed by atoms with Crippen LogP contribution in [0.5, 0.6) is 0 Å². The van der Waals surface area contributed by atoms with Crippen molar-refractivity contribution in [2.45, 2.75) is 19.4 Å². The summed E-state index contributed by atoms with van der Waals surface area (Å²) >= 11 is 0. The Bertz CT molecular complexity index is 857. The smallest absolute Gasteiger partial charge is 0.224 e. The highest BCUT2D eigenvalue weighted by Gasteiger charge is 2.14. The lowest BCUT2D eigenvalue weighted by molar-refractivity contribution is -0.121. The van der Waals surface area contributed by atoms with Gasteiger partial charge in [-0.05, 0) is 34.9 Å². The first-order chi connectivity index (χ1) is 11.7. The highest BCUT2D eigenvalue weighted by atomic mass is 16.1. The zero-order valence-electron chi connectivity index (χ0n) is 13.8. The third-order valence-corrected chi connectivity index (χ3v) is 4.19. The molecule has 3 aromatic rings. The minimum atomic E-state index is -0.174. The summed E-state index contributed by atoms with van der Waals surface area (Å²) in [6.45, 7) is 2.40. The van der Waals surface area contributed by atoms with E-state index in [1.165, 1.54) is 5.39 Å². The average Bonchev–Trinajstić information content (AvgIpc) is 2.59. The summed E-state index contributed by atoms with van der Waals surface area (Å²) in [6.07, 6.45) is 0.367. The molecule has 3 N–H and O–H groups in total. The molecule has 0 heterocycles. The van der Waals surface area contributed by atoms with E-state index in [4.69, 9.17) is 5.73 Å². The van der Waals surface area contributed by atoms with Gasteiger partial charge in [-0.1, -0.05) is 66.2 Å². The SMILES string of the molecule is Cc1cccc(CC(=O)N[C@@H](CN)c2ccc3ccccc3c2)c1. The molecule has 0 radical (unpaired) electrons. The van der Waals surface area contributed by atoms with Crippen LogP contribution in [0.2, 0.25) is 0 Å². The maximum atomic E-state index is 12.4. The van der Waals surface area contributed by atoms with Crippen LogP contribution in [-0.4, -0.2) is 12.5 Å². The van der Waals surface area contributed by atoms with Crippen LogP contribution in [0.15, 0.2) is 66.7 Å². The Morgan fingerprint density at radius 2 is 1.79 bits per heavy atom. The van der Waals surface area contributed by atoms with E-state index in [2.05, 4.69) is 29.6 Å². The maximum absolute atomic E-state index is 12.4. The largest absolute Gasteiger partial charge is 0.348 e. The lowest BCUT2D eigenvalue weighted by atomic mass is 10.0. The molecule has 0 aliphatic carbocycles. The van der Waals surface area contributed by atoms with Crippen LogP contribution >= 0.6 is 0 Å². The number of nitrogens with one attached hydrogen (secondary N) is 1. The molecule has 0 aliphatic rings. The van der Waals surface area contributed by atoms with Crippen molar-refractivity contribution in [2.24, 2.45) is 5.73 Å². The standard InChI is InChI=1S/C21H22N2O/c1-15-5-4-6-16(11-15)12-21(24)23-20(14-22)19-10-9-17-7-2-3-8-18(17)13-19/h2-11,13,20H,12,14,22H2,1H3,(H,23,24)/t20-/m0/s1. The van der Waals surface area contributed by atoms with Gasteiger partial charge in [-0.25, -0.2) is 0 Å². The van der Waals surface area contributed by atoms with Crippen LogP contribution in [0.1, 0.15) is 22.7 Å². The van der Waals surface area contributed by atoms with Gasteiger partial charge < -0.3 is 11.1 Å². The third kappa shape index (κ3) is 3.81. The quantitative estimate of drug-likeness (QED) is 0.756. The molecule has 1 amide bonds. The van der Waals surface area contributed by atoms with Crippen molar-refractivity contribution in [1.82, 2.24) is 5.32 Å². The Morgan fingerprint density at radius 1 is 1.00 bits per heavy atom. The second kappa shape index (κ2) is 7.28. The van der Waals surface area contributed by atoms with Crippen LogP contribution in [0.4, 0.5) is 0 Å². The van der Waals surface area contributed by atoms with Gasteiger partial charge in [0.15, 0.2) is 0 Å². The minimum Gasteiger partial charge on any atom is -0.348 e. The Kier molecular flexibility index (Phi) is 4.92. The predicted octanol–water partition coefficient (Wildman–Crippen LogP) is 3.51. The number of benzene rings is 3. The number of carbonyl (C=O) groups is 1. The molecule has 3 rings (SSSR count). The first-order valence-electron chi connectivity index (χ1n) is 8.19. The van der Waals surface area contributed by atoms with Gasteiger partial charge in [0.1, 0.15) is 0 Å². The van der Waals surface area contributed by atoms with Gasteiger partial charge in [0.05, 0.1) is 12.5 Å². The fourth-order valence-electron chi connectivity index (χ4n) is 2.96. The molecule has 0 fully saturated rings. The van der Waals surface area contributed by atoms with Gasteiger partial charge in [0.25, 0.3) is 0 Å². The summed E-state index contributed by atoms with van der Waals surface area (Å²) in [6, 6.07) is 22.2. The third-order valence-electron chi connectivity index (χ3n) is 4.19. The zero-order chi connectivity index (χ0) is 16.9. The number of amides is 1. The number of fused-ring (bicyclic) bond motifs is 1. The molecule has 0 spiro atoms. The number of nitrogens with two attached hydrogens (primary N) is 1. The first-order valence-corrected chi connectivity index (χ1v) is 8.19. The molecule has 1 atom stereocenters. The molecule has 0 saturated carbocycles. The molecular formula is C21H22N2O. The van der Waals surface area contributed by atoms with Gasteiger partial charge in [0.2, 0.25) is 5.91 Å². The zero-order valence-corrected chi connectivity index (χ0v) is 13.8. The van der Waals surface area contributed by atoms with Crippen molar-refractivity contribution in [3.63, 3.8) is 0 Å². The van der Waals surface area contributed by atoms with Crippen LogP contribution in [-0.2, 0) is 11.2 Å². The Morgan fingerprint density at radius 3 is 2.54 bits per heavy atom. The molecule has 122 valence electrons. The van der Waals surface area contributed by atoms with E-state index in [9.17, 15) is 4.79 Å². The number of carbonyl (C=O) groups excluding carboxylic acids is 1. The van der Waals surface area contributed by atoms with Crippen molar-refractivity contribution < 1.29 is 4.79 Å². The number of rotatable bonds is 5. The van der Waals surface area contributed by atoms with E-state index < -0.39 is 0 Å². The Balaban J connectivity index is 1.74. The van der Waals surface area contributed by atoms with Crippen molar-refractivity contribution >= 4 is 16.7 Å². The summed E-state index contributed by atoms with van der Waals surface area (Å²) in [5.74, 6) is -0.00999. The second-order valence-corrected chi connectivity index (χ2v) is 6.13. The molecule has 24 heavy (non-hydrogen) atoms. The van der Waals surface area contributed by atoms with Crippen molar-refractivity contribution in [1.29, 1.82) is 0 Å². The van der Waals surface area contributed by atoms with Gasteiger partial charge in [0, 0.05) is 6.54 Å². The van der Waals surface area contributed by atoms with E-state index in [-0.39, 0.29) is 11.9 Å². The van der Waals surface area contributed by atoms with Gasteiger partial charge in [-0.3, -0.25) is 4.79 Å². The van der Waals surface area contributed by atoms with E-state index >= 15 is 0 Å². The normalized spacial score (nSPS) is 12.1. The fourth-order valence-corrected chi connectivity index (χ4v) is 2.96. The monoisotopic (exact) mass is 318 g/mol. The number of aryl methyl sites for hydroxylation is 1. The lowest BCUT2D eigenvalue weighted by Gasteiger charge is -2.18. The van der Waals surface area contributed by atoms with E-state index in [0.29, 0.717) is 13.0 Å². The highest BCUT2D eigenvalue weighted by molar-refractivity contribution is 5.83. The molecule has 0 aromatic heterocycles. The van der Waals surface area contributed by atoms with Crippen LogP contribution in [0.25, 0.3) is 10.8 Å². The van der Waals surface area contributed by atoms with Crippen molar-refractivity contribution in [3.05, 3.63) is 83.4 Å². The predicted molar refractivity (Wildman–Crippen MR) is 98.8 cm³/mol. The number of hydrogen-bond donors (Lipinski definition) is 2. The average molecular weight is 318 g/mol. The first kappa shape index (κ1) is 16.2. The molecule has 3 heteroatoms. The van der Waals surface area contributed by atoms with Gasteiger partial charge in [-0.15, -0.1) is 0 Å². The van der Waals surface area contributed by atoms with Gasteiger partial charge in [-0.2, -0.15) is 0 Å². The van der Waals surface area contributed by atoms with Crippen LogP contribution in [0.3, 0.4) is 0 Å². The Labute approximate surface area is 142 Å². The minimum absolute atomic E-state index is 0.00999. The van der Waals surface area contributed by atoms with Crippen LogP contribution in [0, 0.1) is 6.92 Å². The molecule has 0 bridgehead atoms. The van der Waals surface area contributed by atoms with Crippen molar-refractivity contribution in [3.8, 4) is 0 Å². The lowest BCUT2D eigenvalue weighted by Crippen LogP contribution is -2.34. The summed E-state index contributed by atoms with van der Waals surface area (Å²) in [5, 5.41) is 5.39. The molecule has 3 nitrogen and oxygen atoms in total.